The summed E-state index contributed by atoms with van der Waals surface area (Å²) in [5.41, 5.74) is 6.01. The molecule has 0 amide bonds. The van der Waals surface area contributed by atoms with Crippen molar-refractivity contribution in [1.29, 1.82) is 0 Å². The first kappa shape index (κ1) is 8.31. The standard InChI is InChI=1S/C7H13NO.ClH/c8-6-2-1-5-9-7(6)3-4-7;/h6H,1-5,8H2;1H/t6-;/m0./s1. The zero-order valence-electron chi connectivity index (χ0n) is 6.01. The molecule has 0 aromatic rings. The van der Waals surface area contributed by atoms with Crippen LogP contribution in [0.4, 0.5) is 0 Å². The Morgan fingerprint density at radius 1 is 1.40 bits per heavy atom. The Morgan fingerprint density at radius 2 is 2.10 bits per heavy atom. The fourth-order valence-electron chi connectivity index (χ4n) is 1.59. The third-order valence-corrected chi connectivity index (χ3v) is 2.47. The maximum Gasteiger partial charge on any atom is 0.0834 e. The van der Waals surface area contributed by atoms with Gasteiger partial charge in [-0.25, -0.2) is 0 Å². The summed E-state index contributed by atoms with van der Waals surface area (Å²) in [6.45, 7) is 0.938. The molecule has 0 radical (unpaired) electrons. The maximum atomic E-state index is 5.85. The van der Waals surface area contributed by atoms with Crippen LogP contribution in [0.3, 0.4) is 0 Å². The van der Waals surface area contributed by atoms with Crippen molar-refractivity contribution < 1.29 is 4.74 Å². The SMILES string of the molecule is Cl.N[C@H]1CCCOC12CC2. The largest absolute Gasteiger partial charge is 0.373 e. The summed E-state index contributed by atoms with van der Waals surface area (Å²) in [6.07, 6.45) is 4.73. The van der Waals surface area contributed by atoms with E-state index >= 15 is 0 Å². The quantitative estimate of drug-likeness (QED) is 0.580. The first-order valence-electron chi connectivity index (χ1n) is 3.73. The maximum absolute atomic E-state index is 5.85. The number of halogens is 1. The lowest BCUT2D eigenvalue weighted by Crippen LogP contribution is -2.42. The third kappa shape index (κ3) is 1.16. The second kappa shape index (κ2) is 2.68. The van der Waals surface area contributed by atoms with E-state index in [-0.39, 0.29) is 18.0 Å². The normalized spacial score (nSPS) is 35.1. The van der Waals surface area contributed by atoms with Gasteiger partial charge in [0.05, 0.1) is 5.60 Å². The summed E-state index contributed by atoms with van der Waals surface area (Å²) in [5, 5.41) is 0. The highest BCUT2D eigenvalue weighted by Crippen LogP contribution is 2.45. The van der Waals surface area contributed by atoms with Crippen LogP contribution in [0.1, 0.15) is 25.7 Å². The fourth-order valence-corrected chi connectivity index (χ4v) is 1.59. The minimum atomic E-state index is 0. The van der Waals surface area contributed by atoms with E-state index in [2.05, 4.69) is 0 Å². The zero-order valence-corrected chi connectivity index (χ0v) is 6.82. The molecule has 10 heavy (non-hydrogen) atoms. The Labute approximate surface area is 67.5 Å². The van der Waals surface area contributed by atoms with Gasteiger partial charge in [-0.3, -0.25) is 0 Å². The van der Waals surface area contributed by atoms with Gasteiger partial charge in [-0.05, 0) is 25.7 Å². The molecule has 0 bridgehead atoms. The lowest BCUT2D eigenvalue weighted by atomic mass is 10.0. The van der Waals surface area contributed by atoms with Gasteiger partial charge in [0.25, 0.3) is 0 Å². The number of ether oxygens (including phenoxy) is 1. The second-order valence-corrected chi connectivity index (χ2v) is 3.16. The van der Waals surface area contributed by atoms with Crippen molar-refractivity contribution in [3.8, 4) is 0 Å². The average molecular weight is 164 g/mol. The first-order valence-corrected chi connectivity index (χ1v) is 3.73. The van der Waals surface area contributed by atoms with Crippen molar-refractivity contribution >= 4 is 12.4 Å². The van der Waals surface area contributed by atoms with Crippen molar-refractivity contribution in [2.45, 2.75) is 37.3 Å². The molecule has 1 spiro atoms. The summed E-state index contributed by atoms with van der Waals surface area (Å²) in [5.74, 6) is 0. The van der Waals surface area contributed by atoms with Crippen LogP contribution in [0.2, 0.25) is 0 Å². The van der Waals surface area contributed by atoms with E-state index in [0.29, 0.717) is 6.04 Å². The van der Waals surface area contributed by atoms with Crippen LogP contribution in [0.25, 0.3) is 0 Å². The van der Waals surface area contributed by atoms with Crippen LogP contribution in [-0.4, -0.2) is 18.2 Å². The summed E-state index contributed by atoms with van der Waals surface area (Å²) in [7, 11) is 0. The molecule has 0 aromatic carbocycles. The van der Waals surface area contributed by atoms with E-state index in [1.165, 1.54) is 19.3 Å². The van der Waals surface area contributed by atoms with Crippen molar-refractivity contribution in [2.24, 2.45) is 5.73 Å². The lowest BCUT2D eigenvalue weighted by Gasteiger charge is -2.28. The molecule has 2 aliphatic rings. The Kier molecular flexibility index (Phi) is 2.23. The molecule has 1 saturated heterocycles. The number of rotatable bonds is 0. The van der Waals surface area contributed by atoms with E-state index in [1.807, 2.05) is 0 Å². The summed E-state index contributed by atoms with van der Waals surface area (Å²) < 4.78 is 5.56. The Bertz CT molecular complexity index is 125. The molecule has 1 heterocycles. The molecule has 1 saturated carbocycles. The molecule has 2 nitrogen and oxygen atoms in total. The molecule has 2 rings (SSSR count). The van der Waals surface area contributed by atoms with Gasteiger partial charge in [0, 0.05) is 12.6 Å². The molecule has 3 heteroatoms. The number of hydrogen-bond acceptors (Lipinski definition) is 2. The first-order chi connectivity index (χ1) is 4.33. The smallest absolute Gasteiger partial charge is 0.0834 e. The van der Waals surface area contributed by atoms with Gasteiger partial charge in [-0.1, -0.05) is 0 Å². The van der Waals surface area contributed by atoms with Crippen LogP contribution < -0.4 is 5.73 Å². The molecule has 1 aliphatic carbocycles. The Hall–Kier alpha value is 0.210. The van der Waals surface area contributed by atoms with E-state index in [4.69, 9.17) is 10.5 Å². The van der Waals surface area contributed by atoms with Crippen molar-refractivity contribution in [3.05, 3.63) is 0 Å². The highest BCUT2D eigenvalue weighted by molar-refractivity contribution is 5.85. The highest BCUT2D eigenvalue weighted by atomic mass is 35.5. The van der Waals surface area contributed by atoms with Gasteiger partial charge in [0.1, 0.15) is 0 Å². The van der Waals surface area contributed by atoms with Crippen molar-refractivity contribution in [1.82, 2.24) is 0 Å². The van der Waals surface area contributed by atoms with E-state index in [0.717, 1.165) is 13.0 Å². The minimum absolute atomic E-state index is 0. The molecule has 2 fully saturated rings. The number of nitrogens with two attached hydrogens (primary N) is 1. The summed E-state index contributed by atoms with van der Waals surface area (Å²) in [4.78, 5) is 0. The molecule has 1 aliphatic heterocycles. The fraction of sp³-hybridized carbons (Fsp3) is 1.00. The summed E-state index contributed by atoms with van der Waals surface area (Å²) in [6, 6.07) is 0.339. The topological polar surface area (TPSA) is 35.2 Å². The van der Waals surface area contributed by atoms with E-state index in [9.17, 15) is 0 Å². The zero-order chi connectivity index (χ0) is 6.32. The van der Waals surface area contributed by atoms with Gasteiger partial charge in [0.15, 0.2) is 0 Å². The van der Waals surface area contributed by atoms with Gasteiger partial charge < -0.3 is 10.5 Å². The molecule has 1 atom stereocenters. The van der Waals surface area contributed by atoms with E-state index in [1.54, 1.807) is 0 Å². The monoisotopic (exact) mass is 163 g/mol. The predicted octanol–water partition coefficient (Wildman–Crippen LogP) is 1.08. The molecule has 2 N–H and O–H groups in total. The van der Waals surface area contributed by atoms with Gasteiger partial charge >= 0.3 is 0 Å². The van der Waals surface area contributed by atoms with E-state index < -0.39 is 0 Å². The average Bonchev–Trinajstić information content (AvgIpc) is 2.60. The van der Waals surface area contributed by atoms with Crippen LogP contribution in [0, 0.1) is 0 Å². The lowest BCUT2D eigenvalue weighted by molar-refractivity contribution is -0.0187. The molecule has 0 aromatic heterocycles. The van der Waals surface area contributed by atoms with Crippen LogP contribution in [0.15, 0.2) is 0 Å². The van der Waals surface area contributed by atoms with Gasteiger partial charge in [-0.15, -0.1) is 12.4 Å². The van der Waals surface area contributed by atoms with Crippen LogP contribution >= 0.6 is 12.4 Å². The van der Waals surface area contributed by atoms with Gasteiger partial charge in [0.2, 0.25) is 0 Å². The Balaban J connectivity index is 0.000000500. The third-order valence-electron chi connectivity index (χ3n) is 2.47. The van der Waals surface area contributed by atoms with Gasteiger partial charge in [-0.2, -0.15) is 0 Å². The Morgan fingerprint density at radius 3 is 2.50 bits per heavy atom. The van der Waals surface area contributed by atoms with Crippen molar-refractivity contribution in [2.75, 3.05) is 6.61 Å². The highest BCUT2D eigenvalue weighted by Gasteiger charge is 2.50. The molecule has 60 valence electrons. The van der Waals surface area contributed by atoms with Crippen LogP contribution in [-0.2, 0) is 4.74 Å². The predicted molar refractivity (Wildman–Crippen MR) is 42.4 cm³/mol. The molecular formula is C7H14ClNO. The molecular weight excluding hydrogens is 150 g/mol. The van der Waals surface area contributed by atoms with Crippen LogP contribution in [0.5, 0.6) is 0 Å². The van der Waals surface area contributed by atoms with Crippen molar-refractivity contribution in [3.63, 3.8) is 0 Å². The molecule has 0 unspecified atom stereocenters. The summed E-state index contributed by atoms with van der Waals surface area (Å²) >= 11 is 0. The minimum Gasteiger partial charge on any atom is -0.373 e. The number of hydrogen-bond donors (Lipinski definition) is 1. The second-order valence-electron chi connectivity index (χ2n) is 3.16.